The fourth-order valence-electron chi connectivity index (χ4n) is 5.94. The molecular formula is C28H54N2O. The summed E-state index contributed by atoms with van der Waals surface area (Å²) in [5.74, 6) is 1.30. The second-order valence-corrected chi connectivity index (χ2v) is 11.4. The lowest BCUT2D eigenvalue weighted by atomic mass is 9.71. The molecule has 0 radical (unpaired) electrons. The molecule has 3 nitrogen and oxygen atoms in total. The third-order valence-corrected chi connectivity index (χ3v) is 8.78. The first-order valence-electron chi connectivity index (χ1n) is 13.9. The van der Waals surface area contributed by atoms with Gasteiger partial charge in [-0.3, -0.25) is 4.79 Å². The Labute approximate surface area is 194 Å². The van der Waals surface area contributed by atoms with Gasteiger partial charge in [0.15, 0.2) is 0 Å². The van der Waals surface area contributed by atoms with Gasteiger partial charge in [0, 0.05) is 31.5 Å². The van der Waals surface area contributed by atoms with Gasteiger partial charge in [0.25, 0.3) is 0 Å². The number of hydrogen-bond donors (Lipinski definition) is 0. The Balaban J connectivity index is 1.65. The number of amides is 1. The van der Waals surface area contributed by atoms with E-state index in [2.05, 4.69) is 44.4 Å². The quantitative estimate of drug-likeness (QED) is 0.253. The van der Waals surface area contributed by atoms with Crippen LogP contribution in [0.2, 0.25) is 0 Å². The van der Waals surface area contributed by atoms with Gasteiger partial charge < -0.3 is 9.80 Å². The highest BCUT2D eigenvalue weighted by Crippen LogP contribution is 2.41. The highest BCUT2D eigenvalue weighted by atomic mass is 16.2. The summed E-state index contributed by atoms with van der Waals surface area (Å²) < 4.78 is 0. The molecule has 0 aromatic rings. The summed E-state index contributed by atoms with van der Waals surface area (Å²) >= 11 is 0. The fourth-order valence-corrected chi connectivity index (χ4v) is 5.94. The van der Waals surface area contributed by atoms with Crippen molar-refractivity contribution in [2.75, 3.05) is 32.7 Å². The van der Waals surface area contributed by atoms with Gasteiger partial charge in [0.2, 0.25) is 5.91 Å². The number of hydrogen-bond acceptors (Lipinski definition) is 2. The molecule has 31 heavy (non-hydrogen) atoms. The first kappa shape index (κ1) is 26.7. The average Bonchev–Trinajstić information content (AvgIpc) is 2.75. The van der Waals surface area contributed by atoms with E-state index in [-0.39, 0.29) is 0 Å². The van der Waals surface area contributed by atoms with Crippen LogP contribution in [0.15, 0.2) is 0 Å². The van der Waals surface area contributed by atoms with Crippen molar-refractivity contribution in [3.05, 3.63) is 0 Å². The van der Waals surface area contributed by atoms with E-state index in [1.807, 2.05) is 0 Å². The summed E-state index contributed by atoms with van der Waals surface area (Å²) in [6.45, 7) is 17.4. The minimum Gasteiger partial charge on any atom is -0.341 e. The Bertz CT molecular complexity index is 503. The van der Waals surface area contributed by atoms with Gasteiger partial charge in [-0.2, -0.15) is 0 Å². The lowest BCUT2D eigenvalue weighted by Gasteiger charge is -2.54. The number of carbonyl (C=O) groups excluding carboxylic acids is 1. The van der Waals surface area contributed by atoms with E-state index >= 15 is 0 Å². The third kappa shape index (κ3) is 8.37. The number of carbonyl (C=O) groups is 1. The van der Waals surface area contributed by atoms with Gasteiger partial charge in [-0.25, -0.2) is 0 Å². The molecule has 182 valence electrons. The third-order valence-electron chi connectivity index (χ3n) is 8.78. The normalized spacial score (nSPS) is 21.6. The lowest BCUT2D eigenvalue weighted by Crippen LogP contribution is -2.62. The molecule has 1 spiro atoms. The van der Waals surface area contributed by atoms with Crippen molar-refractivity contribution in [3.63, 3.8) is 0 Å². The zero-order valence-electron chi connectivity index (χ0n) is 21.8. The summed E-state index contributed by atoms with van der Waals surface area (Å²) in [6, 6.07) is 0. The van der Waals surface area contributed by atoms with E-state index < -0.39 is 0 Å². The molecule has 2 saturated heterocycles. The molecule has 2 rings (SSSR count). The zero-order chi connectivity index (χ0) is 22.7. The highest BCUT2D eigenvalue weighted by Gasteiger charge is 2.46. The van der Waals surface area contributed by atoms with Crippen LogP contribution in [0.3, 0.4) is 0 Å². The number of rotatable bonds is 15. The van der Waals surface area contributed by atoms with Crippen molar-refractivity contribution in [1.29, 1.82) is 0 Å². The Kier molecular flexibility index (Phi) is 11.4. The van der Waals surface area contributed by atoms with E-state index in [1.54, 1.807) is 0 Å². The lowest BCUT2D eigenvalue weighted by molar-refractivity contribution is -0.147. The van der Waals surface area contributed by atoms with Crippen LogP contribution in [0.5, 0.6) is 0 Å². The largest absolute Gasteiger partial charge is 0.341 e. The Morgan fingerprint density at radius 1 is 0.935 bits per heavy atom. The van der Waals surface area contributed by atoms with Crippen molar-refractivity contribution in [3.8, 4) is 0 Å². The van der Waals surface area contributed by atoms with Crippen molar-refractivity contribution in [2.45, 2.75) is 125 Å². The van der Waals surface area contributed by atoms with Crippen molar-refractivity contribution < 1.29 is 4.79 Å². The maximum absolute atomic E-state index is 12.7. The van der Waals surface area contributed by atoms with Gasteiger partial charge in [-0.15, -0.1) is 0 Å². The summed E-state index contributed by atoms with van der Waals surface area (Å²) in [6.07, 6.45) is 17.8. The molecule has 0 aromatic heterocycles. The topological polar surface area (TPSA) is 23.6 Å². The van der Waals surface area contributed by atoms with Crippen LogP contribution in [0.1, 0.15) is 125 Å². The maximum Gasteiger partial charge on any atom is 0.222 e. The summed E-state index contributed by atoms with van der Waals surface area (Å²) in [4.78, 5) is 17.6. The fraction of sp³-hybridized carbons (Fsp3) is 0.964. The van der Waals surface area contributed by atoms with E-state index in [4.69, 9.17) is 0 Å². The van der Waals surface area contributed by atoms with E-state index in [1.165, 1.54) is 96.7 Å². The van der Waals surface area contributed by atoms with Crippen LogP contribution in [-0.2, 0) is 4.79 Å². The molecule has 2 heterocycles. The number of piperidine rings is 1. The van der Waals surface area contributed by atoms with E-state index in [0.29, 0.717) is 16.7 Å². The molecule has 2 aliphatic heterocycles. The Morgan fingerprint density at radius 3 is 2.19 bits per heavy atom. The van der Waals surface area contributed by atoms with Gasteiger partial charge in [0.05, 0.1) is 0 Å². The summed E-state index contributed by atoms with van der Waals surface area (Å²) in [7, 11) is 0. The molecule has 3 heteroatoms. The van der Waals surface area contributed by atoms with Crippen molar-refractivity contribution in [1.82, 2.24) is 9.80 Å². The maximum atomic E-state index is 12.7. The molecule has 0 aromatic carbocycles. The summed E-state index contributed by atoms with van der Waals surface area (Å²) in [5.41, 5.74) is 0.801. The van der Waals surface area contributed by atoms with Crippen molar-refractivity contribution >= 4 is 5.91 Å². The van der Waals surface area contributed by atoms with Crippen molar-refractivity contribution in [2.24, 2.45) is 16.7 Å². The molecule has 0 bridgehead atoms. The number of nitrogens with zero attached hydrogens (tertiary/aromatic N) is 2. The Morgan fingerprint density at radius 2 is 1.61 bits per heavy atom. The summed E-state index contributed by atoms with van der Waals surface area (Å²) in [5, 5.41) is 0. The number of unbranched alkanes of at least 4 members (excludes halogenated alkanes) is 4. The Hall–Kier alpha value is -0.570. The minimum atomic E-state index is 0.351. The molecular weight excluding hydrogens is 380 g/mol. The standard InChI is InChI=1S/C28H54N2O/c1-6-10-11-12-13-14-25(8-3)22-29-20-18-28(19-21-29)23-30(24-28)26(31)15-17-27(5,9-4)16-7-2/h25H,6-24H2,1-5H3. The molecule has 0 saturated carbocycles. The molecule has 2 aliphatic rings. The van der Waals surface area contributed by atoms with Crippen LogP contribution >= 0.6 is 0 Å². The van der Waals surface area contributed by atoms with E-state index in [9.17, 15) is 4.79 Å². The van der Waals surface area contributed by atoms with Gasteiger partial charge in [-0.1, -0.05) is 86.0 Å². The predicted octanol–water partition coefficient (Wildman–Crippen LogP) is 7.29. The average molecular weight is 435 g/mol. The first-order chi connectivity index (χ1) is 14.9. The van der Waals surface area contributed by atoms with E-state index in [0.717, 1.165) is 31.8 Å². The number of likely N-dealkylation sites (tertiary alicyclic amines) is 2. The molecule has 2 atom stereocenters. The van der Waals surface area contributed by atoms with Crippen LogP contribution in [0, 0.1) is 16.7 Å². The molecule has 2 unspecified atom stereocenters. The van der Waals surface area contributed by atoms with Crippen LogP contribution in [0.25, 0.3) is 0 Å². The SMILES string of the molecule is CCCCCCCC(CC)CN1CCC2(CC1)CN(C(=O)CCC(C)(CC)CCC)C2. The van der Waals surface area contributed by atoms with Crippen LogP contribution in [-0.4, -0.2) is 48.4 Å². The van der Waals surface area contributed by atoms with Crippen LogP contribution < -0.4 is 0 Å². The predicted molar refractivity (Wildman–Crippen MR) is 134 cm³/mol. The molecule has 1 amide bonds. The molecule has 0 aliphatic carbocycles. The second kappa shape index (κ2) is 13.2. The highest BCUT2D eigenvalue weighted by molar-refractivity contribution is 5.77. The van der Waals surface area contributed by atoms with Gasteiger partial charge in [-0.05, 0) is 56.5 Å². The first-order valence-corrected chi connectivity index (χ1v) is 13.9. The molecule has 0 N–H and O–H groups in total. The van der Waals surface area contributed by atoms with Gasteiger partial charge in [0.1, 0.15) is 0 Å². The molecule has 2 fully saturated rings. The minimum absolute atomic E-state index is 0.351. The second-order valence-electron chi connectivity index (χ2n) is 11.4. The van der Waals surface area contributed by atoms with Crippen LogP contribution in [0.4, 0.5) is 0 Å². The monoisotopic (exact) mass is 434 g/mol. The van der Waals surface area contributed by atoms with Gasteiger partial charge >= 0.3 is 0 Å². The zero-order valence-corrected chi connectivity index (χ0v) is 21.8. The smallest absolute Gasteiger partial charge is 0.222 e.